The molecular weight excluding hydrogens is 224 g/mol. The fourth-order valence-corrected chi connectivity index (χ4v) is 0.590. The Bertz CT molecular complexity index is 204. The third-order valence-corrected chi connectivity index (χ3v) is 1.30. The Hall–Kier alpha value is -1.22. The van der Waals surface area contributed by atoms with E-state index in [2.05, 4.69) is 19.6 Å². The van der Waals surface area contributed by atoms with Gasteiger partial charge in [-0.2, -0.15) is 9.78 Å². The molecule has 2 atom stereocenters. The molecule has 0 aromatic heterocycles. The van der Waals surface area contributed by atoms with Crippen molar-refractivity contribution in [3.63, 3.8) is 0 Å². The molecule has 16 heavy (non-hydrogen) atoms. The zero-order chi connectivity index (χ0) is 12.6. The number of hydrogen-bond acceptors (Lipinski definition) is 8. The van der Waals surface area contributed by atoms with E-state index < -0.39 is 24.1 Å². The van der Waals surface area contributed by atoms with Crippen LogP contribution in [0.15, 0.2) is 0 Å². The highest BCUT2D eigenvalue weighted by molar-refractivity contribution is 5.84. The van der Waals surface area contributed by atoms with Gasteiger partial charge in [0.1, 0.15) is 0 Å². The van der Waals surface area contributed by atoms with Crippen LogP contribution in [-0.4, -0.2) is 47.6 Å². The molecule has 0 fully saturated rings. The molecule has 0 aliphatic heterocycles. The lowest BCUT2D eigenvalue weighted by molar-refractivity contribution is -0.288. The second kappa shape index (κ2) is 7.99. The van der Waals surface area contributed by atoms with Gasteiger partial charge in [0.2, 0.25) is 0 Å². The van der Waals surface area contributed by atoms with Gasteiger partial charge in [0.05, 0.1) is 13.2 Å². The molecule has 0 spiro atoms. The van der Waals surface area contributed by atoms with Crippen molar-refractivity contribution in [1.82, 2.24) is 0 Å². The fourth-order valence-electron chi connectivity index (χ4n) is 0.590. The van der Waals surface area contributed by atoms with Crippen molar-refractivity contribution in [2.75, 3.05) is 13.2 Å². The zero-order valence-corrected chi connectivity index (χ0v) is 8.91. The summed E-state index contributed by atoms with van der Waals surface area (Å²) in [6.45, 7) is 3.22. The van der Waals surface area contributed by atoms with E-state index in [1.807, 2.05) is 0 Å². The average molecular weight is 238 g/mol. The van der Waals surface area contributed by atoms with E-state index >= 15 is 0 Å². The summed E-state index contributed by atoms with van der Waals surface area (Å²) in [7, 11) is 0. The molecule has 2 N–H and O–H groups in total. The van der Waals surface area contributed by atoms with Crippen LogP contribution in [0.5, 0.6) is 0 Å². The quantitative estimate of drug-likeness (QED) is 0.415. The first-order valence-electron chi connectivity index (χ1n) is 4.57. The summed E-state index contributed by atoms with van der Waals surface area (Å²) >= 11 is 0. The smallest absolute Gasteiger partial charge is 0.373 e. The van der Waals surface area contributed by atoms with Crippen LogP contribution in [-0.2, 0) is 29.1 Å². The molecule has 0 aromatic rings. The highest BCUT2D eigenvalue weighted by atomic mass is 17.2. The molecule has 8 nitrogen and oxygen atoms in total. The van der Waals surface area contributed by atoms with Gasteiger partial charge in [-0.05, 0) is 13.8 Å². The van der Waals surface area contributed by atoms with Crippen LogP contribution in [0.4, 0.5) is 0 Å². The summed E-state index contributed by atoms with van der Waals surface area (Å²) in [4.78, 5) is 38.3. The number of rotatable bonds is 7. The largest absolute Gasteiger partial charge is 0.378 e. The van der Waals surface area contributed by atoms with Crippen LogP contribution in [0.3, 0.4) is 0 Å². The summed E-state index contributed by atoms with van der Waals surface area (Å²) in [5, 5.41) is 18.2. The number of hydrogen-bond donors (Lipinski definition) is 2. The predicted molar refractivity (Wildman–Crippen MR) is 47.4 cm³/mol. The summed E-state index contributed by atoms with van der Waals surface area (Å²) in [6.07, 6.45) is -4.20. The predicted octanol–water partition coefficient (Wildman–Crippen LogP) is -1.30. The lowest BCUT2D eigenvalue weighted by Gasteiger charge is -2.13. The minimum atomic E-state index is -2.10. The van der Waals surface area contributed by atoms with Crippen molar-refractivity contribution in [3.8, 4) is 0 Å². The molecule has 94 valence electrons. The van der Waals surface area contributed by atoms with Gasteiger partial charge in [-0.1, -0.05) is 0 Å². The number of carbonyl (C=O) groups excluding carboxylic acids is 2. The van der Waals surface area contributed by atoms with Crippen molar-refractivity contribution < 1.29 is 39.4 Å². The van der Waals surface area contributed by atoms with Crippen molar-refractivity contribution in [2.45, 2.75) is 26.1 Å². The monoisotopic (exact) mass is 238 g/mol. The summed E-state index contributed by atoms with van der Waals surface area (Å²) in [5.74, 6) is -2.61. The Labute approximate surface area is 91.5 Å². The van der Waals surface area contributed by atoms with Gasteiger partial charge in [-0.15, -0.1) is 0 Å². The molecule has 0 aliphatic carbocycles. The maximum Gasteiger partial charge on any atom is 0.373 e. The van der Waals surface area contributed by atoms with Crippen LogP contribution in [0.25, 0.3) is 0 Å². The lowest BCUT2D eigenvalue weighted by atomic mass is 10.2. The first-order valence-corrected chi connectivity index (χ1v) is 4.57. The third kappa shape index (κ3) is 5.03. The molecule has 0 saturated carbocycles. The van der Waals surface area contributed by atoms with Crippen LogP contribution < -0.4 is 0 Å². The van der Waals surface area contributed by atoms with Crippen LogP contribution in [0, 0.1) is 0 Å². The summed E-state index contributed by atoms with van der Waals surface area (Å²) in [5.41, 5.74) is 0. The highest BCUT2D eigenvalue weighted by Gasteiger charge is 2.34. The molecule has 8 heteroatoms. The Balaban J connectivity index is 4.09. The molecule has 0 amide bonds. The van der Waals surface area contributed by atoms with Gasteiger partial charge >= 0.3 is 11.9 Å². The minimum Gasteiger partial charge on any atom is -0.378 e. The zero-order valence-electron chi connectivity index (χ0n) is 8.91. The van der Waals surface area contributed by atoms with Gasteiger partial charge in [-0.25, -0.2) is 9.59 Å². The molecule has 0 rings (SSSR count). The fraction of sp³-hybridized carbons (Fsp3) is 0.750. The summed E-state index contributed by atoms with van der Waals surface area (Å²) < 4.78 is 0. The summed E-state index contributed by atoms with van der Waals surface area (Å²) in [6, 6.07) is 0. The molecule has 0 aliphatic rings. The molecule has 0 heterocycles. The Morgan fingerprint density at radius 1 is 0.938 bits per heavy atom. The van der Waals surface area contributed by atoms with E-state index in [0.717, 1.165) is 0 Å². The van der Waals surface area contributed by atoms with Gasteiger partial charge in [-0.3, -0.25) is 9.78 Å². The number of aliphatic hydroxyl groups excluding tert-OH is 2. The molecule has 0 aromatic carbocycles. The lowest BCUT2D eigenvalue weighted by Crippen LogP contribution is -2.41. The van der Waals surface area contributed by atoms with E-state index in [4.69, 9.17) is 10.2 Å². The average Bonchev–Trinajstić information content (AvgIpc) is 2.30. The Kier molecular flexibility index (Phi) is 7.38. The first kappa shape index (κ1) is 14.8. The van der Waals surface area contributed by atoms with Crippen molar-refractivity contribution in [1.29, 1.82) is 0 Å². The van der Waals surface area contributed by atoms with Crippen LogP contribution >= 0.6 is 0 Å². The standard InChI is InChI=1S/C8H14O8/c1-3-13-15-7(11)5(9)6(10)8(12)16-14-4-2/h5-6,9-10H,3-4H2,1-2H3. The van der Waals surface area contributed by atoms with Crippen LogP contribution in [0.1, 0.15) is 13.8 Å². The normalized spacial score (nSPS) is 14.0. The number of carbonyl (C=O) groups is 2. The van der Waals surface area contributed by atoms with E-state index in [9.17, 15) is 9.59 Å². The minimum absolute atomic E-state index is 0.0674. The topological polar surface area (TPSA) is 112 Å². The van der Waals surface area contributed by atoms with Crippen molar-refractivity contribution in [3.05, 3.63) is 0 Å². The van der Waals surface area contributed by atoms with E-state index in [1.54, 1.807) is 13.8 Å². The van der Waals surface area contributed by atoms with E-state index in [0.29, 0.717) is 0 Å². The molecule has 0 bridgehead atoms. The molecule has 2 unspecified atom stereocenters. The maximum absolute atomic E-state index is 10.9. The first-order chi connectivity index (χ1) is 7.54. The molecule has 0 saturated heterocycles. The van der Waals surface area contributed by atoms with Gasteiger partial charge < -0.3 is 10.2 Å². The maximum atomic E-state index is 10.9. The second-order valence-electron chi connectivity index (χ2n) is 2.51. The second-order valence-corrected chi connectivity index (χ2v) is 2.51. The van der Waals surface area contributed by atoms with Gasteiger partial charge in [0.15, 0.2) is 12.2 Å². The van der Waals surface area contributed by atoms with Gasteiger partial charge in [0, 0.05) is 0 Å². The van der Waals surface area contributed by atoms with Crippen molar-refractivity contribution >= 4 is 11.9 Å². The van der Waals surface area contributed by atoms with E-state index in [-0.39, 0.29) is 13.2 Å². The molecule has 0 radical (unpaired) electrons. The van der Waals surface area contributed by atoms with Crippen molar-refractivity contribution in [2.24, 2.45) is 0 Å². The highest BCUT2D eigenvalue weighted by Crippen LogP contribution is 2.00. The Morgan fingerprint density at radius 3 is 1.50 bits per heavy atom. The van der Waals surface area contributed by atoms with E-state index in [1.165, 1.54) is 0 Å². The molecular formula is C8H14O8. The van der Waals surface area contributed by atoms with Gasteiger partial charge in [0.25, 0.3) is 0 Å². The van der Waals surface area contributed by atoms with Crippen LogP contribution in [0.2, 0.25) is 0 Å². The number of aliphatic hydroxyl groups is 2. The third-order valence-electron chi connectivity index (χ3n) is 1.30. The Morgan fingerprint density at radius 2 is 1.25 bits per heavy atom. The SMILES string of the molecule is CCOOC(=O)C(O)C(O)C(=O)OOCC.